The second kappa shape index (κ2) is 8.39. The highest BCUT2D eigenvalue weighted by Gasteiger charge is 2.22. The Morgan fingerprint density at radius 2 is 2.04 bits per heavy atom. The van der Waals surface area contributed by atoms with Crippen LogP contribution in [-0.4, -0.2) is 37.2 Å². The van der Waals surface area contributed by atoms with Crippen LogP contribution in [0.15, 0.2) is 53.5 Å². The highest BCUT2D eigenvalue weighted by Crippen LogP contribution is 2.27. The molecule has 6 heteroatoms. The third-order valence-electron chi connectivity index (χ3n) is 4.63. The Balaban J connectivity index is 1.18. The SMILES string of the molecule is CN=C(NCCCc1nc2ccccc2s1)NCC1Cc2ccccc2O1. The van der Waals surface area contributed by atoms with E-state index in [1.54, 1.807) is 18.4 Å². The van der Waals surface area contributed by atoms with Gasteiger partial charge in [-0.2, -0.15) is 0 Å². The Bertz CT molecular complexity index is 879. The summed E-state index contributed by atoms with van der Waals surface area (Å²) in [5, 5.41) is 7.94. The van der Waals surface area contributed by atoms with Gasteiger partial charge in [0, 0.05) is 26.4 Å². The van der Waals surface area contributed by atoms with Crippen molar-refractivity contribution in [2.45, 2.75) is 25.4 Å². The Morgan fingerprint density at radius 1 is 1.19 bits per heavy atom. The lowest BCUT2D eigenvalue weighted by Crippen LogP contribution is -2.42. The maximum Gasteiger partial charge on any atom is 0.191 e. The van der Waals surface area contributed by atoms with Gasteiger partial charge >= 0.3 is 0 Å². The predicted octanol–water partition coefficient (Wildman–Crippen LogP) is 3.40. The molecule has 3 aromatic rings. The first kappa shape index (κ1) is 17.8. The molecule has 4 rings (SSSR count). The summed E-state index contributed by atoms with van der Waals surface area (Å²) in [7, 11) is 1.80. The number of fused-ring (bicyclic) bond motifs is 2. The molecule has 1 aliphatic heterocycles. The number of aliphatic imine (C=N–C) groups is 1. The Kier molecular flexibility index (Phi) is 5.53. The Hall–Kier alpha value is -2.60. The lowest BCUT2D eigenvalue weighted by molar-refractivity contribution is 0.235. The third-order valence-corrected chi connectivity index (χ3v) is 5.73. The number of aryl methyl sites for hydroxylation is 1. The zero-order chi connectivity index (χ0) is 18.5. The van der Waals surface area contributed by atoms with Crippen LogP contribution in [0.4, 0.5) is 0 Å². The van der Waals surface area contributed by atoms with E-state index in [1.165, 1.54) is 15.3 Å². The van der Waals surface area contributed by atoms with Crippen molar-refractivity contribution in [2.75, 3.05) is 20.1 Å². The van der Waals surface area contributed by atoms with Crippen LogP contribution in [0, 0.1) is 0 Å². The van der Waals surface area contributed by atoms with Gasteiger partial charge in [-0.1, -0.05) is 30.3 Å². The molecule has 0 radical (unpaired) electrons. The number of guanidine groups is 1. The monoisotopic (exact) mass is 380 g/mol. The number of aromatic nitrogens is 1. The van der Waals surface area contributed by atoms with Crippen molar-refractivity contribution in [1.29, 1.82) is 0 Å². The molecule has 0 bridgehead atoms. The van der Waals surface area contributed by atoms with Crippen molar-refractivity contribution in [3.05, 3.63) is 59.1 Å². The number of nitrogens with zero attached hydrogens (tertiary/aromatic N) is 2. The standard InChI is InChI=1S/C21H24N4OS/c1-22-21(24-14-16-13-15-7-2-4-9-18(15)26-16)23-12-6-11-20-25-17-8-3-5-10-19(17)27-20/h2-5,7-10,16H,6,11-14H2,1H3,(H2,22,23,24). The number of thiazole rings is 1. The summed E-state index contributed by atoms with van der Waals surface area (Å²) in [5.74, 6) is 1.82. The lowest BCUT2D eigenvalue weighted by Gasteiger charge is -2.15. The molecule has 27 heavy (non-hydrogen) atoms. The van der Waals surface area contributed by atoms with E-state index in [2.05, 4.69) is 50.9 Å². The summed E-state index contributed by atoms with van der Waals surface area (Å²) in [6.07, 6.45) is 3.09. The molecule has 0 amide bonds. The first-order valence-corrected chi connectivity index (χ1v) is 10.2. The zero-order valence-electron chi connectivity index (χ0n) is 15.4. The van der Waals surface area contributed by atoms with Gasteiger partial charge in [-0.3, -0.25) is 4.99 Å². The molecule has 0 fully saturated rings. The average Bonchev–Trinajstić information content (AvgIpc) is 3.30. The summed E-state index contributed by atoms with van der Waals surface area (Å²) >= 11 is 1.78. The van der Waals surface area contributed by atoms with Crippen LogP contribution in [0.2, 0.25) is 0 Å². The number of hydrogen-bond acceptors (Lipinski definition) is 4. The van der Waals surface area contributed by atoms with Gasteiger partial charge < -0.3 is 15.4 Å². The molecule has 0 saturated carbocycles. The highest BCUT2D eigenvalue weighted by molar-refractivity contribution is 7.18. The molecule has 0 saturated heterocycles. The van der Waals surface area contributed by atoms with E-state index >= 15 is 0 Å². The van der Waals surface area contributed by atoms with E-state index in [1.807, 2.05) is 18.2 Å². The van der Waals surface area contributed by atoms with Gasteiger partial charge in [0.05, 0.1) is 21.8 Å². The van der Waals surface area contributed by atoms with Gasteiger partial charge in [0.25, 0.3) is 0 Å². The molecule has 0 aliphatic carbocycles. The second-order valence-corrected chi connectivity index (χ2v) is 7.73. The predicted molar refractivity (Wildman–Crippen MR) is 112 cm³/mol. The van der Waals surface area contributed by atoms with Crippen molar-refractivity contribution >= 4 is 27.5 Å². The number of para-hydroxylation sites is 2. The van der Waals surface area contributed by atoms with E-state index in [0.29, 0.717) is 0 Å². The van der Waals surface area contributed by atoms with Crippen LogP contribution in [-0.2, 0) is 12.8 Å². The third kappa shape index (κ3) is 4.39. The van der Waals surface area contributed by atoms with Crippen molar-refractivity contribution in [3.63, 3.8) is 0 Å². The fourth-order valence-electron chi connectivity index (χ4n) is 3.27. The molecule has 1 aliphatic rings. The molecule has 1 aromatic heterocycles. The molecule has 2 aromatic carbocycles. The first-order valence-electron chi connectivity index (χ1n) is 9.35. The Morgan fingerprint density at radius 3 is 2.89 bits per heavy atom. The normalized spacial score (nSPS) is 16.2. The average molecular weight is 381 g/mol. The Labute approximate surface area is 163 Å². The van der Waals surface area contributed by atoms with E-state index in [0.717, 1.165) is 49.6 Å². The molecule has 0 spiro atoms. The fourth-order valence-corrected chi connectivity index (χ4v) is 4.28. The molecule has 1 atom stereocenters. The van der Waals surface area contributed by atoms with Gasteiger partial charge in [-0.25, -0.2) is 4.98 Å². The smallest absolute Gasteiger partial charge is 0.191 e. The van der Waals surface area contributed by atoms with Gasteiger partial charge in [-0.05, 0) is 30.2 Å². The largest absolute Gasteiger partial charge is 0.488 e. The van der Waals surface area contributed by atoms with Crippen molar-refractivity contribution < 1.29 is 4.74 Å². The summed E-state index contributed by atoms with van der Waals surface area (Å²) in [5.41, 5.74) is 2.38. The fraction of sp³-hybridized carbons (Fsp3) is 0.333. The van der Waals surface area contributed by atoms with Crippen molar-refractivity contribution in [2.24, 2.45) is 4.99 Å². The van der Waals surface area contributed by atoms with Crippen molar-refractivity contribution in [1.82, 2.24) is 15.6 Å². The van der Waals surface area contributed by atoms with Crippen LogP contribution in [0.3, 0.4) is 0 Å². The number of rotatable bonds is 6. The zero-order valence-corrected chi connectivity index (χ0v) is 16.3. The molecule has 2 N–H and O–H groups in total. The molecular formula is C21H24N4OS. The number of hydrogen-bond donors (Lipinski definition) is 2. The van der Waals surface area contributed by atoms with Crippen LogP contribution >= 0.6 is 11.3 Å². The minimum Gasteiger partial charge on any atom is -0.488 e. The topological polar surface area (TPSA) is 58.5 Å². The van der Waals surface area contributed by atoms with E-state index in [9.17, 15) is 0 Å². The van der Waals surface area contributed by atoms with Gasteiger partial charge in [-0.15, -0.1) is 11.3 Å². The lowest BCUT2D eigenvalue weighted by atomic mass is 10.1. The van der Waals surface area contributed by atoms with E-state index < -0.39 is 0 Å². The van der Waals surface area contributed by atoms with E-state index in [-0.39, 0.29) is 6.10 Å². The number of nitrogens with one attached hydrogen (secondary N) is 2. The number of ether oxygens (including phenoxy) is 1. The quantitative estimate of drug-likeness (QED) is 0.391. The van der Waals surface area contributed by atoms with Gasteiger partial charge in [0.2, 0.25) is 0 Å². The maximum absolute atomic E-state index is 5.96. The van der Waals surface area contributed by atoms with Crippen LogP contribution < -0.4 is 15.4 Å². The second-order valence-electron chi connectivity index (χ2n) is 6.61. The summed E-state index contributed by atoms with van der Waals surface area (Å²) in [6, 6.07) is 16.5. The van der Waals surface area contributed by atoms with Crippen LogP contribution in [0.25, 0.3) is 10.2 Å². The first-order chi connectivity index (χ1) is 13.3. The van der Waals surface area contributed by atoms with E-state index in [4.69, 9.17) is 4.74 Å². The van der Waals surface area contributed by atoms with Crippen LogP contribution in [0.5, 0.6) is 5.75 Å². The molecule has 140 valence electrons. The maximum atomic E-state index is 5.96. The molecule has 5 nitrogen and oxygen atoms in total. The highest BCUT2D eigenvalue weighted by atomic mass is 32.1. The molecule has 1 unspecified atom stereocenters. The molecule has 2 heterocycles. The minimum absolute atomic E-state index is 0.156. The number of benzene rings is 2. The van der Waals surface area contributed by atoms with Gasteiger partial charge in [0.1, 0.15) is 11.9 Å². The summed E-state index contributed by atoms with van der Waals surface area (Å²) in [4.78, 5) is 8.99. The summed E-state index contributed by atoms with van der Waals surface area (Å²) in [6.45, 7) is 1.60. The van der Waals surface area contributed by atoms with Crippen molar-refractivity contribution in [3.8, 4) is 5.75 Å². The minimum atomic E-state index is 0.156. The molecular weight excluding hydrogens is 356 g/mol. The van der Waals surface area contributed by atoms with Gasteiger partial charge in [0.15, 0.2) is 5.96 Å². The van der Waals surface area contributed by atoms with Crippen LogP contribution in [0.1, 0.15) is 17.0 Å². The summed E-state index contributed by atoms with van der Waals surface area (Å²) < 4.78 is 7.22.